The zero-order valence-electron chi connectivity index (χ0n) is 12.1. The van der Waals surface area contributed by atoms with Crippen molar-refractivity contribution < 1.29 is 9.53 Å². The van der Waals surface area contributed by atoms with E-state index >= 15 is 0 Å². The van der Waals surface area contributed by atoms with Gasteiger partial charge in [0.15, 0.2) is 0 Å². The molecule has 1 aromatic carbocycles. The van der Waals surface area contributed by atoms with E-state index in [0.29, 0.717) is 5.84 Å². The lowest BCUT2D eigenvalue weighted by Crippen LogP contribution is -2.49. The van der Waals surface area contributed by atoms with Crippen LogP contribution in [0, 0.1) is 5.41 Å². The van der Waals surface area contributed by atoms with E-state index in [0.717, 1.165) is 43.4 Å². The second-order valence-corrected chi connectivity index (χ2v) is 6.14. The molecular formula is C16H19N3O2. The molecule has 2 N–H and O–H groups in total. The number of nitrogens with one attached hydrogen (secondary N) is 2. The summed E-state index contributed by atoms with van der Waals surface area (Å²) in [6.07, 6.45) is 4.91. The highest BCUT2D eigenvalue weighted by atomic mass is 16.5. The first-order valence-corrected chi connectivity index (χ1v) is 7.53. The second kappa shape index (κ2) is 4.23. The average Bonchev–Trinajstić information content (AvgIpc) is 3.28. The molecule has 5 nitrogen and oxygen atoms in total. The van der Waals surface area contributed by atoms with Gasteiger partial charge in [-0.1, -0.05) is 6.07 Å². The number of carbonyl (C=O) groups is 1. The zero-order valence-corrected chi connectivity index (χ0v) is 12.1. The van der Waals surface area contributed by atoms with Crippen molar-refractivity contribution >= 4 is 11.9 Å². The molecule has 5 heteroatoms. The largest absolute Gasteiger partial charge is 0.497 e. The van der Waals surface area contributed by atoms with Crippen molar-refractivity contribution in [1.29, 1.82) is 5.41 Å². The van der Waals surface area contributed by atoms with Gasteiger partial charge in [-0.25, -0.2) is 4.79 Å². The van der Waals surface area contributed by atoms with Gasteiger partial charge in [0.1, 0.15) is 17.1 Å². The fourth-order valence-corrected chi connectivity index (χ4v) is 3.84. The molecule has 0 aromatic heterocycles. The van der Waals surface area contributed by atoms with E-state index in [4.69, 9.17) is 10.1 Å². The van der Waals surface area contributed by atoms with Crippen molar-refractivity contribution in [2.24, 2.45) is 0 Å². The number of benzene rings is 1. The molecule has 0 radical (unpaired) electrons. The van der Waals surface area contributed by atoms with E-state index < -0.39 is 5.54 Å². The van der Waals surface area contributed by atoms with Gasteiger partial charge in [0, 0.05) is 6.04 Å². The minimum atomic E-state index is -0.597. The summed E-state index contributed by atoms with van der Waals surface area (Å²) in [5.41, 5.74) is 1.71. The molecule has 1 unspecified atom stereocenters. The maximum absolute atomic E-state index is 12.3. The van der Waals surface area contributed by atoms with Crippen LogP contribution < -0.4 is 10.1 Å². The highest BCUT2D eigenvalue weighted by molar-refractivity contribution is 6.09. The van der Waals surface area contributed by atoms with Crippen molar-refractivity contribution in [1.82, 2.24) is 10.2 Å². The Morgan fingerprint density at radius 3 is 2.95 bits per heavy atom. The molecule has 2 amide bonds. The highest BCUT2D eigenvalue weighted by Crippen LogP contribution is 2.48. The predicted octanol–water partition coefficient (Wildman–Crippen LogP) is 2.39. The summed E-state index contributed by atoms with van der Waals surface area (Å²) in [5.74, 6) is 1.12. The first kappa shape index (κ1) is 12.7. The van der Waals surface area contributed by atoms with Gasteiger partial charge in [-0.2, -0.15) is 0 Å². The number of amidine groups is 1. The van der Waals surface area contributed by atoms with E-state index in [-0.39, 0.29) is 12.1 Å². The molecule has 3 aliphatic rings. The molecule has 110 valence electrons. The van der Waals surface area contributed by atoms with Crippen molar-refractivity contribution in [3.63, 3.8) is 0 Å². The molecule has 4 rings (SSSR count). The Morgan fingerprint density at radius 2 is 2.24 bits per heavy atom. The molecule has 1 spiro atoms. The Labute approximate surface area is 123 Å². The van der Waals surface area contributed by atoms with Crippen LogP contribution in [0.4, 0.5) is 4.79 Å². The quantitative estimate of drug-likeness (QED) is 0.876. The SMILES string of the molecule is COc1ccc2c(c1)C1(CCC2)C(=N)NC(=O)N1C1CC1. The van der Waals surface area contributed by atoms with Crippen molar-refractivity contribution in [2.75, 3.05) is 7.11 Å². The zero-order chi connectivity index (χ0) is 14.6. The number of hydrogen-bond donors (Lipinski definition) is 2. The summed E-state index contributed by atoms with van der Waals surface area (Å²) in [4.78, 5) is 14.3. The number of amides is 2. The second-order valence-electron chi connectivity index (χ2n) is 6.14. The molecule has 0 bridgehead atoms. The van der Waals surface area contributed by atoms with E-state index in [1.165, 1.54) is 5.56 Å². The fourth-order valence-electron chi connectivity index (χ4n) is 3.84. The third kappa shape index (κ3) is 1.63. The Hall–Kier alpha value is -2.04. The summed E-state index contributed by atoms with van der Waals surface area (Å²) >= 11 is 0. The third-order valence-corrected chi connectivity index (χ3v) is 4.93. The number of fused-ring (bicyclic) bond motifs is 2. The van der Waals surface area contributed by atoms with Gasteiger partial charge in [0.25, 0.3) is 0 Å². The number of methoxy groups -OCH3 is 1. The van der Waals surface area contributed by atoms with Crippen LogP contribution in [0.2, 0.25) is 0 Å². The van der Waals surface area contributed by atoms with E-state index in [1.807, 2.05) is 17.0 Å². The van der Waals surface area contributed by atoms with Crippen LogP contribution in [0.25, 0.3) is 0 Å². The maximum atomic E-state index is 12.3. The first-order chi connectivity index (χ1) is 10.2. The Morgan fingerprint density at radius 1 is 1.43 bits per heavy atom. The number of urea groups is 1. The Bertz CT molecular complexity index is 638. The number of nitrogens with zero attached hydrogens (tertiary/aromatic N) is 1. The molecule has 2 aliphatic carbocycles. The van der Waals surface area contributed by atoms with Crippen LogP contribution in [0.1, 0.15) is 36.8 Å². The smallest absolute Gasteiger partial charge is 0.324 e. The highest BCUT2D eigenvalue weighted by Gasteiger charge is 2.57. The summed E-state index contributed by atoms with van der Waals surface area (Å²) in [6.45, 7) is 0. The maximum Gasteiger partial charge on any atom is 0.324 e. The first-order valence-electron chi connectivity index (χ1n) is 7.53. The van der Waals surface area contributed by atoms with Crippen LogP contribution in [0.3, 0.4) is 0 Å². The molecule has 1 saturated carbocycles. The van der Waals surface area contributed by atoms with Crippen molar-refractivity contribution in [3.8, 4) is 5.75 Å². The summed E-state index contributed by atoms with van der Waals surface area (Å²) < 4.78 is 5.36. The van der Waals surface area contributed by atoms with Crippen LogP contribution in [0.5, 0.6) is 5.75 Å². The number of carbonyl (C=O) groups excluding carboxylic acids is 1. The molecule has 1 atom stereocenters. The van der Waals surface area contributed by atoms with Gasteiger partial charge >= 0.3 is 6.03 Å². The third-order valence-electron chi connectivity index (χ3n) is 4.93. The Kier molecular flexibility index (Phi) is 2.55. The van der Waals surface area contributed by atoms with Gasteiger partial charge in [0.2, 0.25) is 0 Å². The normalized spacial score (nSPS) is 27.8. The summed E-state index contributed by atoms with van der Waals surface area (Å²) in [7, 11) is 1.65. The van der Waals surface area contributed by atoms with E-state index in [2.05, 4.69) is 11.4 Å². The van der Waals surface area contributed by atoms with Crippen LogP contribution in [0.15, 0.2) is 18.2 Å². The number of ether oxygens (including phenoxy) is 1. The fraction of sp³-hybridized carbons (Fsp3) is 0.500. The molecule has 2 fully saturated rings. The van der Waals surface area contributed by atoms with Gasteiger partial charge in [-0.05, 0) is 55.4 Å². The topological polar surface area (TPSA) is 65.4 Å². The summed E-state index contributed by atoms with van der Waals surface area (Å²) in [5, 5.41) is 11.2. The van der Waals surface area contributed by atoms with Crippen molar-refractivity contribution in [2.45, 2.75) is 43.7 Å². The number of rotatable bonds is 2. The van der Waals surface area contributed by atoms with Crippen molar-refractivity contribution in [3.05, 3.63) is 29.3 Å². The Balaban J connectivity index is 1.91. The lowest BCUT2D eigenvalue weighted by molar-refractivity contribution is 0.155. The van der Waals surface area contributed by atoms with Crippen LogP contribution >= 0.6 is 0 Å². The predicted molar refractivity (Wildman–Crippen MR) is 78.7 cm³/mol. The monoisotopic (exact) mass is 285 g/mol. The molecule has 1 saturated heterocycles. The van der Waals surface area contributed by atoms with Gasteiger partial charge < -0.3 is 9.64 Å². The van der Waals surface area contributed by atoms with E-state index in [9.17, 15) is 4.79 Å². The minimum absolute atomic E-state index is 0.113. The summed E-state index contributed by atoms with van der Waals surface area (Å²) in [6, 6.07) is 6.23. The lowest BCUT2D eigenvalue weighted by atomic mass is 9.75. The minimum Gasteiger partial charge on any atom is -0.497 e. The van der Waals surface area contributed by atoms with Crippen LogP contribution in [-0.4, -0.2) is 29.9 Å². The van der Waals surface area contributed by atoms with Gasteiger partial charge in [0.05, 0.1) is 7.11 Å². The number of hydrogen-bond acceptors (Lipinski definition) is 3. The molecular weight excluding hydrogens is 266 g/mol. The average molecular weight is 285 g/mol. The molecule has 1 heterocycles. The van der Waals surface area contributed by atoms with E-state index in [1.54, 1.807) is 7.11 Å². The van der Waals surface area contributed by atoms with Crippen LogP contribution in [-0.2, 0) is 12.0 Å². The molecule has 1 aliphatic heterocycles. The van der Waals surface area contributed by atoms with Gasteiger partial charge in [-0.15, -0.1) is 0 Å². The number of aryl methyl sites for hydroxylation is 1. The molecule has 21 heavy (non-hydrogen) atoms. The lowest BCUT2D eigenvalue weighted by Gasteiger charge is -2.41. The molecule has 1 aromatic rings. The van der Waals surface area contributed by atoms with Gasteiger partial charge in [-0.3, -0.25) is 10.7 Å². The standard InChI is InChI=1S/C16H19N3O2/c1-21-12-7-4-10-3-2-8-16(13(10)9-12)14(17)18-15(20)19(16)11-5-6-11/h4,7,9,11H,2-3,5-6,8H2,1H3,(H2,17,18,20).